The van der Waals surface area contributed by atoms with Gasteiger partial charge in [-0.05, 0) is 44.0 Å². The Kier molecular flexibility index (Phi) is 3.26. The van der Waals surface area contributed by atoms with E-state index in [1.165, 1.54) is 6.07 Å². The summed E-state index contributed by atoms with van der Waals surface area (Å²) in [7, 11) is 0. The zero-order chi connectivity index (χ0) is 14.1. The smallest absolute Gasteiger partial charge is 0.161 e. The molecule has 0 spiro atoms. The summed E-state index contributed by atoms with van der Waals surface area (Å²) in [6.07, 6.45) is 3.80. The molecule has 0 radical (unpaired) electrons. The molecule has 0 saturated carbocycles. The van der Waals surface area contributed by atoms with Gasteiger partial charge in [-0.15, -0.1) is 0 Å². The number of nitrogens with zero attached hydrogens (tertiary/aromatic N) is 3. The quantitative estimate of drug-likeness (QED) is 0.913. The van der Waals surface area contributed by atoms with E-state index < -0.39 is 0 Å². The van der Waals surface area contributed by atoms with Crippen molar-refractivity contribution in [3.05, 3.63) is 36.3 Å². The fourth-order valence-electron chi connectivity index (χ4n) is 2.68. The van der Waals surface area contributed by atoms with E-state index in [9.17, 15) is 4.39 Å². The first-order chi connectivity index (χ1) is 9.65. The Bertz CT molecular complexity index is 629. The van der Waals surface area contributed by atoms with Gasteiger partial charge in [0.2, 0.25) is 0 Å². The minimum absolute atomic E-state index is 0.234. The molecule has 104 valence electrons. The number of anilines is 2. The lowest BCUT2D eigenvalue weighted by Gasteiger charge is -2.24. The van der Waals surface area contributed by atoms with Crippen LogP contribution in [0.4, 0.5) is 15.9 Å². The van der Waals surface area contributed by atoms with Crippen molar-refractivity contribution in [1.82, 2.24) is 9.97 Å². The van der Waals surface area contributed by atoms with Gasteiger partial charge in [0.25, 0.3) is 0 Å². The third-order valence-corrected chi connectivity index (χ3v) is 3.75. The summed E-state index contributed by atoms with van der Waals surface area (Å²) in [5, 5.41) is 0. The van der Waals surface area contributed by atoms with Crippen LogP contribution in [0.25, 0.3) is 11.4 Å². The summed E-state index contributed by atoms with van der Waals surface area (Å²) >= 11 is 0. The van der Waals surface area contributed by atoms with Crippen LogP contribution in [0, 0.1) is 5.82 Å². The van der Waals surface area contributed by atoms with Crippen molar-refractivity contribution in [2.75, 3.05) is 17.2 Å². The van der Waals surface area contributed by atoms with Crippen molar-refractivity contribution in [1.29, 1.82) is 0 Å². The zero-order valence-corrected chi connectivity index (χ0v) is 11.4. The maximum absolute atomic E-state index is 14.3. The van der Waals surface area contributed by atoms with E-state index in [4.69, 9.17) is 5.73 Å². The lowest BCUT2D eigenvalue weighted by molar-refractivity contribution is 0.614. The van der Waals surface area contributed by atoms with Crippen LogP contribution in [-0.4, -0.2) is 22.6 Å². The molecule has 1 aromatic carbocycles. The molecule has 3 rings (SSSR count). The highest BCUT2D eigenvalue weighted by Gasteiger charge is 2.23. The summed E-state index contributed by atoms with van der Waals surface area (Å²) in [4.78, 5) is 10.3. The number of aromatic nitrogens is 2. The molecule has 0 aliphatic carbocycles. The molecule has 2 aromatic rings. The van der Waals surface area contributed by atoms with E-state index >= 15 is 0 Å². The molecule has 4 nitrogen and oxygen atoms in total. The van der Waals surface area contributed by atoms with Gasteiger partial charge in [0.1, 0.15) is 11.6 Å². The Morgan fingerprint density at radius 2 is 2.20 bits per heavy atom. The lowest BCUT2D eigenvalue weighted by Crippen LogP contribution is -2.27. The van der Waals surface area contributed by atoms with Crippen molar-refractivity contribution >= 4 is 11.5 Å². The van der Waals surface area contributed by atoms with E-state index in [1.54, 1.807) is 18.3 Å². The van der Waals surface area contributed by atoms with E-state index in [1.807, 2.05) is 6.07 Å². The molecule has 1 saturated heterocycles. The highest BCUT2D eigenvalue weighted by Crippen LogP contribution is 2.30. The Balaban J connectivity index is 1.95. The maximum atomic E-state index is 14.3. The van der Waals surface area contributed by atoms with Crippen molar-refractivity contribution < 1.29 is 4.39 Å². The van der Waals surface area contributed by atoms with Crippen LogP contribution in [0.3, 0.4) is 0 Å². The number of benzene rings is 1. The Morgan fingerprint density at radius 3 is 2.85 bits per heavy atom. The number of nitrogens with two attached hydrogens (primary N) is 1. The monoisotopic (exact) mass is 272 g/mol. The van der Waals surface area contributed by atoms with Crippen molar-refractivity contribution in [3.8, 4) is 11.4 Å². The standard InChI is InChI=1S/C15H17FN4/c1-10-3-2-8-20(10)13-5-4-11(9-12(13)16)15-18-7-6-14(17)19-15/h4-7,9-10H,2-3,8H2,1H3,(H2,17,18,19). The minimum atomic E-state index is -0.234. The summed E-state index contributed by atoms with van der Waals surface area (Å²) in [5.74, 6) is 0.597. The molecule has 2 heterocycles. The molecule has 1 aromatic heterocycles. The first kappa shape index (κ1) is 12.8. The SMILES string of the molecule is CC1CCCN1c1ccc(-c2nccc(N)n2)cc1F. The molecular weight excluding hydrogens is 255 g/mol. The average molecular weight is 272 g/mol. The van der Waals surface area contributed by atoms with Crippen molar-refractivity contribution in [2.24, 2.45) is 0 Å². The molecule has 20 heavy (non-hydrogen) atoms. The predicted octanol–water partition coefficient (Wildman–Crippen LogP) is 2.85. The van der Waals surface area contributed by atoms with Crippen LogP contribution in [0.5, 0.6) is 0 Å². The van der Waals surface area contributed by atoms with Crippen molar-refractivity contribution in [2.45, 2.75) is 25.8 Å². The largest absolute Gasteiger partial charge is 0.384 e. The number of nitrogen functional groups attached to an aromatic ring is 1. The van der Waals surface area contributed by atoms with Crippen LogP contribution < -0.4 is 10.6 Å². The van der Waals surface area contributed by atoms with Gasteiger partial charge >= 0.3 is 0 Å². The Morgan fingerprint density at radius 1 is 1.35 bits per heavy atom. The van der Waals surface area contributed by atoms with Gasteiger partial charge in [0.05, 0.1) is 5.69 Å². The van der Waals surface area contributed by atoms with Gasteiger partial charge in [-0.2, -0.15) is 0 Å². The topological polar surface area (TPSA) is 55.0 Å². The molecule has 0 bridgehead atoms. The fourth-order valence-corrected chi connectivity index (χ4v) is 2.68. The molecule has 1 aliphatic rings. The molecule has 5 heteroatoms. The summed E-state index contributed by atoms with van der Waals surface area (Å²) in [6, 6.07) is 7.13. The van der Waals surface area contributed by atoms with Gasteiger partial charge < -0.3 is 10.6 Å². The Labute approximate surface area is 117 Å². The van der Waals surface area contributed by atoms with E-state index in [0.717, 1.165) is 19.4 Å². The third kappa shape index (κ3) is 2.31. The van der Waals surface area contributed by atoms with E-state index in [-0.39, 0.29) is 5.82 Å². The van der Waals surface area contributed by atoms with Crippen LogP contribution in [0.2, 0.25) is 0 Å². The normalized spacial score (nSPS) is 18.5. The first-order valence-electron chi connectivity index (χ1n) is 6.80. The second kappa shape index (κ2) is 5.07. The molecule has 1 atom stereocenters. The molecule has 1 unspecified atom stereocenters. The highest BCUT2D eigenvalue weighted by atomic mass is 19.1. The van der Waals surface area contributed by atoms with Gasteiger partial charge in [0, 0.05) is 24.3 Å². The highest BCUT2D eigenvalue weighted by molar-refractivity contribution is 5.62. The number of hydrogen-bond acceptors (Lipinski definition) is 4. The van der Waals surface area contributed by atoms with Crippen LogP contribution >= 0.6 is 0 Å². The third-order valence-electron chi connectivity index (χ3n) is 3.75. The van der Waals surface area contributed by atoms with Crippen LogP contribution in [0.15, 0.2) is 30.5 Å². The second-order valence-electron chi connectivity index (χ2n) is 5.16. The predicted molar refractivity (Wildman–Crippen MR) is 77.9 cm³/mol. The van der Waals surface area contributed by atoms with Crippen LogP contribution in [0.1, 0.15) is 19.8 Å². The van der Waals surface area contributed by atoms with E-state index in [2.05, 4.69) is 21.8 Å². The lowest BCUT2D eigenvalue weighted by atomic mass is 10.1. The summed E-state index contributed by atoms with van der Waals surface area (Å²) < 4.78 is 14.3. The second-order valence-corrected chi connectivity index (χ2v) is 5.16. The first-order valence-corrected chi connectivity index (χ1v) is 6.80. The van der Waals surface area contributed by atoms with Gasteiger partial charge in [-0.25, -0.2) is 14.4 Å². The summed E-state index contributed by atoms with van der Waals surface area (Å²) in [6.45, 7) is 3.04. The zero-order valence-electron chi connectivity index (χ0n) is 11.4. The number of rotatable bonds is 2. The number of halogens is 1. The fraction of sp³-hybridized carbons (Fsp3) is 0.333. The van der Waals surface area contributed by atoms with Crippen LogP contribution in [-0.2, 0) is 0 Å². The van der Waals surface area contributed by atoms with Gasteiger partial charge in [0.15, 0.2) is 5.82 Å². The number of hydrogen-bond donors (Lipinski definition) is 1. The Hall–Kier alpha value is -2.17. The van der Waals surface area contributed by atoms with Gasteiger partial charge in [-0.1, -0.05) is 0 Å². The van der Waals surface area contributed by atoms with E-state index in [0.29, 0.717) is 28.9 Å². The molecule has 1 fully saturated rings. The molecule has 1 aliphatic heterocycles. The molecule has 2 N–H and O–H groups in total. The summed E-state index contributed by atoms with van der Waals surface area (Å²) in [5.41, 5.74) is 6.93. The van der Waals surface area contributed by atoms with Gasteiger partial charge in [-0.3, -0.25) is 0 Å². The molecule has 0 amide bonds. The molecular formula is C15H17FN4. The van der Waals surface area contributed by atoms with Crippen molar-refractivity contribution in [3.63, 3.8) is 0 Å². The minimum Gasteiger partial charge on any atom is -0.384 e. The average Bonchev–Trinajstić information content (AvgIpc) is 2.85. The maximum Gasteiger partial charge on any atom is 0.161 e.